The lowest BCUT2D eigenvalue weighted by atomic mass is 10.2. The molecule has 1 rings (SSSR count). The highest BCUT2D eigenvalue weighted by Gasteiger charge is 2.30. The standard InChI is InChI=1S/C11H13F3N2/c12-11(13,14)10(15)6-7-16-8-9-4-2-1-3-5-9/h1-6,16H,7-8,15H2/b10-6-. The van der Waals surface area contributed by atoms with Gasteiger partial charge in [-0.25, -0.2) is 0 Å². The number of hydrogen-bond acceptors (Lipinski definition) is 2. The highest BCUT2D eigenvalue weighted by molar-refractivity contribution is 5.14. The molecule has 0 aliphatic rings. The first-order valence-electron chi connectivity index (χ1n) is 4.77. The van der Waals surface area contributed by atoms with Crippen LogP contribution in [0.3, 0.4) is 0 Å². The van der Waals surface area contributed by atoms with Crippen LogP contribution in [0.4, 0.5) is 13.2 Å². The van der Waals surface area contributed by atoms with Gasteiger partial charge >= 0.3 is 6.18 Å². The second-order valence-electron chi connectivity index (χ2n) is 3.27. The molecular weight excluding hydrogens is 217 g/mol. The van der Waals surface area contributed by atoms with E-state index in [0.29, 0.717) is 6.54 Å². The van der Waals surface area contributed by atoms with Crippen LogP contribution >= 0.6 is 0 Å². The van der Waals surface area contributed by atoms with E-state index in [4.69, 9.17) is 5.73 Å². The molecule has 0 amide bonds. The van der Waals surface area contributed by atoms with Crippen molar-refractivity contribution < 1.29 is 13.2 Å². The number of halogens is 3. The second-order valence-corrected chi connectivity index (χ2v) is 3.27. The Hall–Kier alpha value is -1.49. The van der Waals surface area contributed by atoms with Gasteiger partial charge in [-0.1, -0.05) is 30.3 Å². The Balaban J connectivity index is 2.32. The molecule has 0 saturated heterocycles. The molecule has 0 saturated carbocycles. The van der Waals surface area contributed by atoms with Crippen molar-refractivity contribution in [2.24, 2.45) is 5.73 Å². The summed E-state index contributed by atoms with van der Waals surface area (Å²) in [5.41, 5.74) is 4.78. The van der Waals surface area contributed by atoms with Gasteiger partial charge in [-0.15, -0.1) is 0 Å². The summed E-state index contributed by atoms with van der Waals surface area (Å²) < 4.78 is 35.9. The van der Waals surface area contributed by atoms with Crippen molar-refractivity contribution in [2.45, 2.75) is 12.7 Å². The van der Waals surface area contributed by atoms with Crippen molar-refractivity contribution in [1.82, 2.24) is 5.32 Å². The Morgan fingerprint density at radius 2 is 1.88 bits per heavy atom. The van der Waals surface area contributed by atoms with Crippen molar-refractivity contribution in [3.63, 3.8) is 0 Å². The molecule has 2 nitrogen and oxygen atoms in total. The fraction of sp³-hybridized carbons (Fsp3) is 0.273. The number of nitrogens with two attached hydrogens (primary N) is 1. The minimum Gasteiger partial charge on any atom is -0.395 e. The van der Waals surface area contributed by atoms with Gasteiger partial charge in [-0.2, -0.15) is 13.2 Å². The maximum Gasteiger partial charge on any atom is 0.430 e. The van der Waals surface area contributed by atoms with Crippen LogP contribution in [0.15, 0.2) is 42.1 Å². The molecule has 0 spiro atoms. The number of hydrogen-bond donors (Lipinski definition) is 2. The fourth-order valence-corrected chi connectivity index (χ4v) is 1.11. The van der Waals surface area contributed by atoms with Gasteiger partial charge in [0.1, 0.15) is 5.70 Å². The summed E-state index contributed by atoms with van der Waals surface area (Å²) in [4.78, 5) is 0. The van der Waals surface area contributed by atoms with Gasteiger partial charge in [0.25, 0.3) is 0 Å². The molecule has 16 heavy (non-hydrogen) atoms. The second kappa shape index (κ2) is 5.55. The lowest BCUT2D eigenvalue weighted by Crippen LogP contribution is -2.22. The number of benzene rings is 1. The molecule has 0 aromatic heterocycles. The van der Waals surface area contributed by atoms with Crippen LogP contribution in [0.25, 0.3) is 0 Å². The highest BCUT2D eigenvalue weighted by Crippen LogP contribution is 2.20. The normalized spacial score (nSPS) is 12.8. The molecule has 3 N–H and O–H groups in total. The van der Waals surface area contributed by atoms with Crippen molar-refractivity contribution in [1.29, 1.82) is 0 Å². The summed E-state index contributed by atoms with van der Waals surface area (Å²) in [7, 11) is 0. The molecule has 0 aliphatic heterocycles. The van der Waals surface area contributed by atoms with Gasteiger partial charge in [0.15, 0.2) is 0 Å². The molecule has 0 heterocycles. The predicted octanol–water partition coefficient (Wildman–Crippen LogP) is 2.18. The van der Waals surface area contributed by atoms with E-state index in [1.165, 1.54) is 0 Å². The van der Waals surface area contributed by atoms with Crippen molar-refractivity contribution >= 4 is 0 Å². The van der Waals surface area contributed by atoms with Gasteiger partial charge in [0, 0.05) is 13.1 Å². The average molecular weight is 230 g/mol. The summed E-state index contributed by atoms with van der Waals surface area (Å²) in [5.74, 6) is 0. The van der Waals surface area contributed by atoms with Gasteiger partial charge < -0.3 is 11.1 Å². The molecular formula is C11H13F3N2. The molecule has 88 valence electrons. The molecule has 5 heteroatoms. The lowest BCUT2D eigenvalue weighted by Gasteiger charge is -2.06. The first-order valence-corrected chi connectivity index (χ1v) is 4.77. The Kier molecular flexibility index (Phi) is 4.37. The highest BCUT2D eigenvalue weighted by atomic mass is 19.4. The minimum atomic E-state index is -4.44. The number of rotatable bonds is 4. The summed E-state index contributed by atoms with van der Waals surface area (Å²) >= 11 is 0. The first-order chi connectivity index (χ1) is 7.50. The SMILES string of the molecule is N/C(=C\CNCc1ccccc1)C(F)(F)F. The lowest BCUT2D eigenvalue weighted by molar-refractivity contribution is -0.0928. The van der Waals surface area contributed by atoms with E-state index in [2.05, 4.69) is 5.32 Å². The average Bonchev–Trinajstić information content (AvgIpc) is 2.24. The predicted molar refractivity (Wildman–Crippen MR) is 56.5 cm³/mol. The fourth-order valence-electron chi connectivity index (χ4n) is 1.11. The number of alkyl halides is 3. The Morgan fingerprint density at radius 3 is 2.44 bits per heavy atom. The number of allylic oxidation sites excluding steroid dienone is 1. The van der Waals surface area contributed by atoms with Crippen LogP contribution in [0.2, 0.25) is 0 Å². The maximum absolute atomic E-state index is 12.0. The minimum absolute atomic E-state index is 0.0975. The third-order valence-electron chi connectivity index (χ3n) is 1.97. The van der Waals surface area contributed by atoms with Crippen LogP contribution in [0, 0.1) is 0 Å². The summed E-state index contributed by atoms with van der Waals surface area (Å²) in [6, 6.07) is 9.41. The Labute approximate surface area is 92.0 Å². The van der Waals surface area contributed by atoms with E-state index in [0.717, 1.165) is 11.6 Å². The molecule has 0 atom stereocenters. The van der Waals surface area contributed by atoms with Gasteiger partial charge in [0.05, 0.1) is 0 Å². The third kappa shape index (κ3) is 4.35. The molecule has 1 aromatic rings. The van der Waals surface area contributed by atoms with Crippen LogP contribution < -0.4 is 11.1 Å². The summed E-state index contributed by atoms with van der Waals surface area (Å²) in [5, 5.41) is 2.85. The first kappa shape index (κ1) is 12.6. The van der Waals surface area contributed by atoms with E-state index in [1.54, 1.807) is 0 Å². The van der Waals surface area contributed by atoms with E-state index in [9.17, 15) is 13.2 Å². The topological polar surface area (TPSA) is 38.0 Å². The van der Waals surface area contributed by atoms with Crippen LogP contribution in [-0.2, 0) is 6.54 Å². The third-order valence-corrected chi connectivity index (χ3v) is 1.97. The smallest absolute Gasteiger partial charge is 0.395 e. The molecule has 0 bridgehead atoms. The van der Waals surface area contributed by atoms with Gasteiger partial charge in [-0.05, 0) is 11.6 Å². The van der Waals surface area contributed by atoms with E-state index in [-0.39, 0.29) is 6.54 Å². The quantitative estimate of drug-likeness (QED) is 0.778. The van der Waals surface area contributed by atoms with E-state index in [1.807, 2.05) is 30.3 Å². The van der Waals surface area contributed by atoms with Crippen molar-refractivity contribution in [3.8, 4) is 0 Å². The van der Waals surface area contributed by atoms with Crippen molar-refractivity contribution in [3.05, 3.63) is 47.7 Å². The van der Waals surface area contributed by atoms with Crippen LogP contribution in [0.1, 0.15) is 5.56 Å². The molecule has 0 unspecified atom stereocenters. The zero-order valence-electron chi connectivity index (χ0n) is 8.59. The van der Waals surface area contributed by atoms with Crippen LogP contribution in [0.5, 0.6) is 0 Å². The van der Waals surface area contributed by atoms with Crippen molar-refractivity contribution in [2.75, 3.05) is 6.54 Å². The van der Waals surface area contributed by atoms with Gasteiger partial charge in [0.2, 0.25) is 0 Å². The Bertz CT molecular complexity index is 344. The largest absolute Gasteiger partial charge is 0.430 e. The summed E-state index contributed by atoms with van der Waals surface area (Å²) in [6.07, 6.45) is -3.50. The Morgan fingerprint density at radius 1 is 1.25 bits per heavy atom. The van der Waals surface area contributed by atoms with Crippen LogP contribution in [-0.4, -0.2) is 12.7 Å². The zero-order valence-corrected chi connectivity index (χ0v) is 8.59. The van der Waals surface area contributed by atoms with Gasteiger partial charge in [-0.3, -0.25) is 0 Å². The van der Waals surface area contributed by atoms with E-state index < -0.39 is 11.9 Å². The van der Waals surface area contributed by atoms with E-state index >= 15 is 0 Å². The number of nitrogens with one attached hydrogen (secondary N) is 1. The maximum atomic E-state index is 12.0. The molecule has 1 aromatic carbocycles. The zero-order chi connectivity index (χ0) is 12.0. The summed E-state index contributed by atoms with van der Waals surface area (Å²) in [6.45, 7) is 0.614. The molecule has 0 fully saturated rings. The molecule has 0 radical (unpaired) electrons. The monoisotopic (exact) mass is 230 g/mol. The molecule has 0 aliphatic carbocycles.